The number of carbonyl (C=O) groups excluding carboxylic acids is 2. The lowest BCUT2D eigenvalue weighted by atomic mass is 9.95. The summed E-state index contributed by atoms with van der Waals surface area (Å²) in [6.07, 6.45) is 0.567. The van der Waals surface area contributed by atoms with E-state index in [0.717, 1.165) is 11.1 Å². The number of methoxy groups -OCH3 is 1. The molecule has 0 spiro atoms. The van der Waals surface area contributed by atoms with Crippen LogP contribution in [0.4, 0.5) is 0 Å². The second-order valence-corrected chi connectivity index (χ2v) is 9.30. The number of amides is 1. The normalized spacial score (nSPS) is 16.3. The van der Waals surface area contributed by atoms with Crippen LogP contribution in [0, 0.1) is 0 Å². The number of rotatable bonds is 9. The van der Waals surface area contributed by atoms with Gasteiger partial charge in [0, 0.05) is 12.1 Å². The van der Waals surface area contributed by atoms with Gasteiger partial charge >= 0.3 is 0 Å². The number of likely N-dealkylation sites (tertiary alicyclic amines) is 1. The zero-order valence-corrected chi connectivity index (χ0v) is 21.6. The van der Waals surface area contributed by atoms with Crippen LogP contribution in [0.3, 0.4) is 0 Å². The average Bonchev–Trinajstić information content (AvgIpc) is 3.25. The number of benzene rings is 4. The van der Waals surface area contributed by atoms with Crippen LogP contribution >= 0.6 is 0 Å². The highest BCUT2D eigenvalue weighted by Gasteiger charge is 2.46. The second kappa shape index (κ2) is 11.7. The van der Waals surface area contributed by atoms with Crippen LogP contribution in [0.1, 0.15) is 28.3 Å². The van der Waals surface area contributed by atoms with Crippen LogP contribution < -0.4 is 9.47 Å². The topological polar surface area (TPSA) is 76.1 Å². The van der Waals surface area contributed by atoms with Gasteiger partial charge in [0.05, 0.1) is 18.7 Å². The van der Waals surface area contributed by atoms with E-state index in [1.807, 2.05) is 84.9 Å². The number of carbonyl (C=O) groups is 2. The van der Waals surface area contributed by atoms with Crippen molar-refractivity contribution in [2.45, 2.75) is 19.1 Å². The summed E-state index contributed by atoms with van der Waals surface area (Å²) in [6.45, 7) is 0.693. The van der Waals surface area contributed by atoms with E-state index in [2.05, 4.69) is 0 Å². The van der Waals surface area contributed by atoms with Crippen LogP contribution in [0.25, 0.3) is 5.76 Å². The minimum atomic E-state index is -0.768. The van der Waals surface area contributed by atoms with E-state index in [0.29, 0.717) is 42.2 Å². The molecular formula is C33H29NO5. The Morgan fingerprint density at radius 3 is 2.13 bits per heavy atom. The minimum absolute atomic E-state index is 0.0541. The maximum Gasteiger partial charge on any atom is 0.295 e. The number of aliphatic hydroxyl groups is 1. The standard InChI is InChI=1S/C33H29NO5/c1-38-27-17-15-25(16-18-27)31(35)29-30(34(33(37)32(29)36)20-19-23-9-4-2-5-10-23)26-13-8-14-28(21-26)39-22-24-11-6-3-7-12-24/h2-18,21,30,35H,19-20,22H2,1H3. The van der Waals surface area contributed by atoms with Crippen molar-refractivity contribution in [2.24, 2.45) is 0 Å². The number of hydrogen-bond donors (Lipinski definition) is 1. The lowest BCUT2D eigenvalue weighted by Gasteiger charge is -2.26. The number of ether oxygens (including phenoxy) is 2. The van der Waals surface area contributed by atoms with Gasteiger partial charge in [-0.2, -0.15) is 0 Å². The SMILES string of the molecule is COc1ccc(C(O)=C2C(=O)C(=O)N(CCc3ccccc3)C2c2cccc(OCc3ccccc3)c2)cc1. The highest BCUT2D eigenvalue weighted by atomic mass is 16.5. The van der Waals surface area contributed by atoms with Gasteiger partial charge < -0.3 is 19.5 Å². The summed E-state index contributed by atoms with van der Waals surface area (Å²) < 4.78 is 11.3. The lowest BCUT2D eigenvalue weighted by molar-refractivity contribution is -0.139. The van der Waals surface area contributed by atoms with E-state index < -0.39 is 17.7 Å². The van der Waals surface area contributed by atoms with Gasteiger partial charge in [-0.1, -0.05) is 72.8 Å². The summed E-state index contributed by atoms with van der Waals surface area (Å²) in [5, 5.41) is 11.3. The molecule has 4 aromatic rings. The Morgan fingerprint density at radius 2 is 1.46 bits per heavy atom. The zero-order valence-electron chi connectivity index (χ0n) is 21.6. The van der Waals surface area contributed by atoms with Crippen molar-refractivity contribution in [2.75, 3.05) is 13.7 Å². The Kier molecular flexibility index (Phi) is 7.73. The third-order valence-corrected chi connectivity index (χ3v) is 6.81. The molecule has 0 saturated carbocycles. The van der Waals surface area contributed by atoms with E-state index in [-0.39, 0.29) is 11.3 Å². The van der Waals surface area contributed by atoms with Crippen molar-refractivity contribution in [3.8, 4) is 11.5 Å². The van der Waals surface area contributed by atoms with Crippen molar-refractivity contribution in [1.82, 2.24) is 4.90 Å². The second-order valence-electron chi connectivity index (χ2n) is 9.30. The van der Waals surface area contributed by atoms with Crippen LogP contribution in [0.15, 0.2) is 115 Å². The van der Waals surface area contributed by atoms with E-state index >= 15 is 0 Å². The number of Topliss-reactive ketones (excluding diaryl/α,β-unsaturated/α-hetero) is 1. The first-order valence-electron chi connectivity index (χ1n) is 12.8. The molecule has 0 aliphatic carbocycles. The molecule has 0 bridgehead atoms. The monoisotopic (exact) mass is 519 g/mol. The maximum absolute atomic E-state index is 13.4. The molecule has 0 radical (unpaired) electrons. The Morgan fingerprint density at radius 1 is 0.795 bits per heavy atom. The van der Waals surface area contributed by atoms with Crippen molar-refractivity contribution in [1.29, 1.82) is 0 Å². The van der Waals surface area contributed by atoms with E-state index in [1.165, 1.54) is 0 Å². The van der Waals surface area contributed by atoms with Gasteiger partial charge in [0.2, 0.25) is 0 Å². The predicted octanol–water partition coefficient (Wildman–Crippen LogP) is 5.94. The average molecular weight is 520 g/mol. The van der Waals surface area contributed by atoms with Gasteiger partial charge in [0.25, 0.3) is 11.7 Å². The van der Waals surface area contributed by atoms with Gasteiger partial charge in [-0.05, 0) is 59.5 Å². The van der Waals surface area contributed by atoms with E-state index in [4.69, 9.17) is 9.47 Å². The fraction of sp³-hybridized carbons (Fsp3) is 0.152. The molecule has 1 unspecified atom stereocenters. The lowest BCUT2D eigenvalue weighted by Crippen LogP contribution is -2.31. The largest absolute Gasteiger partial charge is 0.507 e. The third kappa shape index (κ3) is 5.70. The summed E-state index contributed by atoms with van der Waals surface area (Å²) in [5.74, 6) is -0.346. The first-order chi connectivity index (χ1) is 19.0. The first kappa shape index (κ1) is 25.8. The van der Waals surface area contributed by atoms with Gasteiger partial charge in [0.1, 0.15) is 23.9 Å². The summed E-state index contributed by atoms with van der Waals surface area (Å²) in [6, 6.07) is 32.9. The van der Waals surface area contributed by atoms with E-state index in [9.17, 15) is 14.7 Å². The maximum atomic E-state index is 13.4. The number of ketones is 1. The van der Waals surface area contributed by atoms with Crippen molar-refractivity contribution >= 4 is 17.4 Å². The Labute approximate surface area is 227 Å². The molecule has 6 nitrogen and oxygen atoms in total. The molecule has 1 aliphatic rings. The predicted molar refractivity (Wildman–Crippen MR) is 149 cm³/mol. The fourth-order valence-electron chi connectivity index (χ4n) is 4.77. The van der Waals surface area contributed by atoms with Gasteiger partial charge in [-0.15, -0.1) is 0 Å². The molecule has 1 atom stereocenters. The molecule has 0 aromatic heterocycles. The van der Waals surface area contributed by atoms with Crippen LogP contribution in [-0.2, 0) is 22.6 Å². The molecule has 39 heavy (non-hydrogen) atoms. The quantitative estimate of drug-likeness (QED) is 0.168. The highest BCUT2D eigenvalue weighted by Crippen LogP contribution is 2.40. The van der Waals surface area contributed by atoms with Gasteiger partial charge in [-0.3, -0.25) is 9.59 Å². The number of aliphatic hydroxyl groups excluding tert-OH is 1. The molecule has 1 aliphatic heterocycles. The molecule has 1 heterocycles. The minimum Gasteiger partial charge on any atom is -0.507 e. The summed E-state index contributed by atoms with van der Waals surface area (Å²) in [7, 11) is 1.56. The molecule has 1 amide bonds. The summed E-state index contributed by atoms with van der Waals surface area (Å²) in [5.41, 5.74) is 3.24. The molecule has 4 aromatic carbocycles. The Hall–Kier alpha value is -4.84. The summed E-state index contributed by atoms with van der Waals surface area (Å²) in [4.78, 5) is 28.3. The molecule has 1 saturated heterocycles. The van der Waals surface area contributed by atoms with Crippen molar-refractivity contribution in [3.63, 3.8) is 0 Å². The third-order valence-electron chi connectivity index (χ3n) is 6.81. The highest BCUT2D eigenvalue weighted by molar-refractivity contribution is 6.46. The van der Waals surface area contributed by atoms with Gasteiger partial charge in [0.15, 0.2) is 0 Å². The molecule has 5 rings (SSSR count). The number of hydrogen-bond acceptors (Lipinski definition) is 5. The molecule has 6 heteroatoms. The number of nitrogens with zero attached hydrogens (tertiary/aromatic N) is 1. The molecule has 1 fully saturated rings. The van der Waals surface area contributed by atoms with Crippen LogP contribution in [0.5, 0.6) is 11.5 Å². The molecular weight excluding hydrogens is 490 g/mol. The zero-order chi connectivity index (χ0) is 27.2. The van der Waals surface area contributed by atoms with Crippen LogP contribution in [-0.4, -0.2) is 35.4 Å². The Bertz CT molecular complexity index is 1480. The van der Waals surface area contributed by atoms with Crippen molar-refractivity contribution < 1.29 is 24.2 Å². The smallest absolute Gasteiger partial charge is 0.295 e. The fourth-order valence-corrected chi connectivity index (χ4v) is 4.77. The molecule has 196 valence electrons. The van der Waals surface area contributed by atoms with Crippen molar-refractivity contribution in [3.05, 3.63) is 137 Å². The molecule has 1 N–H and O–H groups in total. The first-order valence-corrected chi connectivity index (χ1v) is 12.8. The Balaban J connectivity index is 1.52. The van der Waals surface area contributed by atoms with E-state index in [1.54, 1.807) is 36.3 Å². The van der Waals surface area contributed by atoms with Gasteiger partial charge in [-0.25, -0.2) is 0 Å². The van der Waals surface area contributed by atoms with Crippen LogP contribution in [0.2, 0.25) is 0 Å². The summed E-state index contributed by atoms with van der Waals surface area (Å²) >= 11 is 0.